The quantitative estimate of drug-likeness (QED) is 0.770. The third kappa shape index (κ3) is 4.08. The molecule has 1 aromatic heterocycles. The molecule has 0 aliphatic carbocycles. The second-order valence-corrected chi connectivity index (χ2v) is 11.3. The van der Waals surface area contributed by atoms with Gasteiger partial charge >= 0.3 is 0 Å². The van der Waals surface area contributed by atoms with Gasteiger partial charge in [0, 0.05) is 19.4 Å². The van der Waals surface area contributed by atoms with Crippen molar-refractivity contribution < 1.29 is 21.6 Å². The van der Waals surface area contributed by atoms with Gasteiger partial charge in [0.1, 0.15) is 5.00 Å². The number of nitrogens with zero attached hydrogens (tertiary/aromatic N) is 1. The van der Waals surface area contributed by atoms with Crippen molar-refractivity contribution in [3.63, 3.8) is 0 Å². The van der Waals surface area contributed by atoms with Crippen molar-refractivity contribution in [2.75, 3.05) is 24.7 Å². The number of sulfone groups is 2. The highest BCUT2D eigenvalue weighted by Gasteiger charge is 2.29. The minimum atomic E-state index is -3.94. The van der Waals surface area contributed by atoms with Gasteiger partial charge in [-0.3, -0.25) is 0 Å². The number of rotatable bonds is 6. The molecule has 142 valence electrons. The van der Waals surface area contributed by atoms with Crippen LogP contribution in [0.2, 0.25) is 0 Å². The van der Waals surface area contributed by atoms with Crippen LogP contribution < -0.4 is 5.32 Å². The molecule has 1 saturated heterocycles. The molecular weight excluding hydrogens is 396 g/mol. The molecule has 1 atom stereocenters. The number of anilines is 1. The van der Waals surface area contributed by atoms with Crippen molar-refractivity contribution in [3.8, 4) is 0 Å². The standard InChI is InChI=1S/C16H20N2O5S3/c1-11-5-7-13(8-6-11)26(21,22)15-14(17-10-12-4-3-9-23-12)24-16(18-15)25(2,19)20/h5-8,12,17H,3-4,9-10H2,1-2H3/t12-/m1/s1. The average molecular weight is 417 g/mol. The summed E-state index contributed by atoms with van der Waals surface area (Å²) < 4.78 is 55.0. The van der Waals surface area contributed by atoms with E-state index in [0.717, 1.165) is 36.0 Å². The number of thiazole rings is 1. The second kappa shape index (κ2) is 7.26. The fraction of sp³-hybridized carbons (Fsp3) is 0.438. The topological polar surface area (TPSA) is 102 Å². The first-order chi connectivity index (χ1) is 12.2. The Morgan fingerprint density at radius 1 is 1.23 bits per heavy atom. The molecule has 1 aromatic carbocycles. The zero-order valence-corrected chi connectivity index (χ0v) is 16.9. The van der Waals surface area contributed by atoms with Crippen LogP contribution in [0.25, 0.3) is 0 Å². The van der Waals surface area contributed by atoms with Crippen LogP contribution in [0.3, 0.4) is 0 Å². The highest BCUT2D eigenvalue weighted by atomic mass is 32.2. The maximum Gasteiger partial charge on any atom is 0.226 e. The van der Waals surface area contributed by atoms with E-state index in [1.807, 2.05) is 6.92 Å². The Kier molecular flexibility index (Phi) is 5.38. The van der Waals surface area contributed by atoms with Crippen molar-refractivity contribution in [2.45, 2.75) is 40.1 Å². The number of ether oxygens (including phenoxy) is 1. The summed E-state index contributed by atoms with van der Waals surface area (Å²) in [5.41, 5.74) is 0.927. The maximum atomic E-state index is 13.0. The van der Waals surface area contributed by atoms with Crippen LogP contribution in [0.4, 0.5) is 5.00 Å². The van der Waals surface area contributed by atoms with Crippen LogP contribution in [-0.4, -0.2) is 47.3 Å². The Morgan fingerprint density at radius 2 is 1.92 bits per heavy atom. The van der Waals surface area contributed by atoms with Crippen molar-refractivity contribution in [1.29, 1.82) is 0 Å². The minimum Gasteiger partial charge on any atom is -0.376 e. The fourth-order valence-electron chi connectivity index (χ4n) is 2.58. The van der Waals surface area contributed by atoms with E-state index in [2.05, 4.69) is 10.3 Å². The van der Waals surface area contributed by atoms with Crippen LogP contribution >= 0.6 is 11.3 Å². The average Bonchev–Trinajstić information content (AvgIpc) is 3.22. The predicted molar refractivity (Wildman–Crippen MR) is 99.3 cm³/mol. The monoisotopic (exact) mass is 416 g/mol. The van der Waals surface area contributed by atoms with Gasteiger partial charge in [0.25, 0.3) is 0 Å². The van der Waals surface area contributed by atoms with Gasteiger partial charge in [0.2, 0.25) is 24.0 Å². The van der Waals surface area contributed by atoms with Crippen molar-refractivity contribution >= 4 is 36.0 Å². The van der Waals surface area contributed by atoms with Gasteiger partial charge in [-0.2, -0.15) is 0 Å². The Hall–Kier alpha value is -1.49. The second-order valence-electron chi connectivity index (χ2n) is 6.22. The summed E-state index contributed by atoms with van der Waals surface area (Å²) in [4.78, 5) is 4.01. The molecule has 0 radical (unpaired) electrons. The molecule has 0 unspecified atom stereocenters. The largest absolute Gasteiger partial charge is 0.376 e. The number of nitrogens with one attached hydrogen (secondary N) is 1. The third-order valence-corrected chi connectivity index (χ3v) is 8.51. The summed E-state index contributed by atoms with van der Waals surface area (Å²) in [5, 5.41) is 2.99. The normalized spacial score (nSPS) is 18.2. The lowest BCUT2D eigenvalue weighted by Crippen LogP contribution is -2.19. The molecule has 0 saturated carbocycles. The molecule has 1 aliphatic heterocycles. The highest BCUT2D eigenvalue weighted by molar-refractivity contribution is 7.93. The summed E-state index contributed by atoms with van der Waals surface area (Å²) in [5.74, 6) is 0. The van der Waals surface area contributed by atoms with Crippen LogP contribution in [0, 0.1) is 6.92 Å². The van der Waals surface area contributed by atoms with Gasteiger partial charge in [0.05, 0.1) is 11.0 Å². The molecule has 3 rings (SSSR count). The first-order valence-corrected chi connectivity index (χ1v) is 12.2. The van der Waals surface area contributed by atoms with Gasteiger partial charge in [-0.15, -0.1) is 0 Å². The molecule has 10 heteroatoms. The number of hydrogen-bond donors (Lipinski definition) is 1. The zero-order valence-electron chi connectivity index (χ0n) is 14.4. The molecule has 1 fully saturated rings. The molecule has 26 heavy (non-hydrogen) atoms. The summed E-state index contributed by atoms with van der Waals surface area (Å²) in [6.07, 6.45) is 2.83. The van der Waals surface area contributed by atoms with E-state index in [0.29, 0.717) is 13.2 Å². The lowest BCUT2D eigenvalue weighted by atomic mass is 10.2. The van der Waals surface area contributed by atoms with Gasteiger partial charge in [-0.25, -0.2) is 21.8 Å². The summed E-state index contributed by atoms with van der Waals surface area (Å²) in [7, 11) is -7.56. The highest BCUT2D eigenvalue weighted by Crippen LogP contribution is 2.34. The number of benzene rings is 1. The minimum absolute atomic E-state index is 0.0197. The first-order valence-electron chi connectivity index (χ1n) is 8.06. The van der Waals surface area contributed by atoms with E-state index < -0.39 is 19.7 Å². The van der Waals surface area contributed by atoms with E-state index >= 15 is 0 Å². The summed E-state index contributed by atoms with van der Waals surface area (Å²) in [6, 6.07) is 6.37. The number of aryl methyl sites for hydroxylation is 1. The Labute approximate surface area is 157 Å². The van der Waals surface area contributed by atoms with Gasteiger partial charge in [-0.05, 0) is 31.9 Å². The molecule has 2 heterocycles. The fourth-order valence-corrected chi connectivity index (χ4v) is 6.11. The van der Waals surface area contributed by atoms with Crippen LogP contribution in [0.15, 0.2) is 38.5 Å². The third-order valence-electron chi connectivity index (χ3n) is 3.99. The Bertz CT molecular complexity index is 989. The lowest BCUT2D eigenvalue weighted by Gasteiger charge is -2.11. The van der Waals surface area contributed by atoms with Gasteiger partial charge in [-0.1, -0.05) is 29.0 Å². The SMILES string of the molecule is Cc1ccc(S(=O)(=O)c2nc(S(C)(=O)=O)sc2NC[C@H]2CCCO2)cc1. The molecule has 0 amide bonds. The summed E-state index contributed by atoms with van der Waals surface area (Å²) in [6.45, 7) is 2.94. The first kappa shape index (κ1) is 19.3. The van der Waals surface area contributed by atoms with Crippen molar-refractivity contribution in [3.05, 3.63) is 29.8 Å². The number of hydrogen-bond acceptors (Lipinski definition) is 8. The molecule has 2 aromatic rings. The smallest absolute Gasteiger partial charge is 0.226 e. The van der Waals surface area contributed by atoms with E-state index in [9.17, 15) is 16.8 Å². The Balaban J connectivity index is 2.00. The molecule has 0 bridgehead atoms. The van der Waals surface area contributed by atoms with E-state index in [1.54, 1.807) is 12.1 Å². The molecular formula is C16H20N2O5S3. The van der Waals surface area contributed by atoms with Crippen LogP contribution in [-0.2, 0) is 24.4 Å². The molecule has 1 N–H and O–H groups in total. The van der Waals surface area contributed by atoms with Gasteiger partial charge in [0.15, 0.2) is 5.03 Å². The Morgan fingerprint density at radius 3 is 2.50 bits per heavy atom. The predicted octanol–water partition coefficient (Wildman–Crippen LogP) is 2.28. The van der Waals surface area contributed by atoms with E-state index in [4.69, 9.17) is 4.74 Å². The maximum absolute atomic E-state index is 13.0. The van der Waals surface area contributed by atoms with Gasteiger partial charge < -0.3 is 10.1 Å². The van der Waals surface area contributed by atoms with Crippen LogP contribution in [0.5, 0.6) is 0 Å². The lowest BCUT2D eigenvalue weighted by molar-refractivity contribution is 0.120. The number of aromatic nitrogens is 1. The van der Waals surface area contributed by atoms with Crippen molar-refractivity contribution in [1.82, 2.24) is 4.98 Å². The van der Waals surface area contributed by atoms with E-state index in [1.165, 1.54) is 12.1 Å². The molecule has 1 aliphatic rings. The summed E-state index contributed by atoms with van der Waals surface area (Å²) >= 11 is 0.830. The van der Waals surface area contributed by atoms with E-state index in [-0.39, 0.29) is 25.4 Å². The van der Waals surface area contributed by atoms with Crippen LogP contribution in [0.1, 0.15) is 18.4 Å². The zero-order chi connectivity index (χ0) is 18.9. The molecule has 7 nitrogen and oxygen atoms in total. The molecule has 0 spiro atoms. The van der Waals surface area contributed by atoms with Crippen molar-refractivity contribution in [2.24, 2.45) is 0 Å².